The van der Waals surface area contributed by atoms with E-state index in [1.165, 1.54) is 0 Å². The van der Waals surface area contributed by atoms with Crippen molar-refractivity contribution in [3.63, 3.8) is 0 Å². The predicted molar refractivity (Wildman–Crippen MR) is 121 cm³/mol. The van der Waals surface area contributed by atoms with E-state index in [2.05, 4.69) is 11.4 Å². The number of fused-ring (bicyclic) bond motifs is 3. The van der Waals surface area contributed by atoms with Gasteiger partial charge in [0.15, 0.2) is 11.5 Å². The summed E-state index contributed by atoms with van der Waals surface area (Å²) in [5.74, 6) is 2.48. The molecule has 0 aliphatic carbocycles. The van der Waals surface area contributed by atoms with Crippen LogP contribution >= 0.6 is 22.9 Å². The third-order valence-corrected chi connectivity index (χ3v) is 6.68. The summed E-state index contributed by atoms with van der Waals surface area (Å²) >= 11 is 8.00. The molecule has 2 aliphatic rings. The average molecular weight is 457 g/mol. The minimum Gasteiger partial charge on any atom is -0.493 e. The highest BCUT2D eigenvalue weighted by atomic mass is 35.5. The quantitative estimate of drug-likeness (QED) is 0.495. The van der Waals surface area contributed by atoms with Gasteiger partial charge in [-0.05, 0) is 41.8 Å². The average Bonchev–Trinajstić information content (AvgIpc) is 3.47. The first kappa shape index (κ1) is 20.0. The number of hydrazone groups is 1. The van der Waals surface area contributed by atoms with E-state index in [1.54, 1.807) is 32.7 Å². The van der Waals surface area contributed by atoms with E-state index < -0.39 is 6.23 Å². The fourth-order valence-electron chi connectivity index (χ4n) is 4.11. The molecule has 2 aliphatic heterocycles. The molecule has 2 atom stereocenters. The zero-order valence-corrected chi connectivity index (χ0v) is 18.9. The molecule has 0 spiro atoms. The van der Waals surface area contributed by atoms with Crippen molar-refractivity contribution in [1.82, 2.24) is 5.01 Å². The maximum Gasteiger partial charge on any atom is 0.214 e. The van der Waals surface area contributed by atoms with Gasteiger partial charge >= 0.3 is 0 Å². The lowest BCUT2D eigenvalue weighted by Crippen LogP contribution is -2.33. The number of hydrogen-bond acceptors (Lipinski definition) is 7. The second-order valence-corrected chi connectivity index (χ2v) is 8.62. The number of thiophene rings is 1. The number of hydrogen-bond donors (Lipinski definition) is 0. The molecule has 0 radical (unpaired) electrons. The van der Waals surface area contributed by atoms with Crippen LogP contribution in [0, 0.1) is 0 Å². The van der Waals surface area contributed by atoms with Crippen LogP contribution < -0.4 is 18.9 Å². The lowest BCUT2D eigenvalue weighted by molar-refractivity contribution is -0.0192. The largest absolute Gasteiger partial charge is 0.493 e. The molecule has 160 valence electrons. The van der Waals surface area contributed by atoms with Gasteiger partial charge in [0.05, 0.1) is 38.0 Å². The van der Waals surface area contributed by atoms with E-state index in [0.29, 0.717) is 22.3 Å². The SMILES string of the molecule is COc1cc([C@H]2Oc3ccc(Cl)cc3[C@@H]3CC(c4cccs4)=NN23)cc(OC)c1OC. The van der Waals surface area contributed by atoms with E-state index in [9.17, 15) is 0 Å². The first-order valence-electron chi connectivity index (χ1n) is 9.78. The molecule has 3 aromatic rings. The molecule has 0 bridgehead atoms. The monoisotopic (exact) mass is 456 g/mol. The molecule has 3 heterocycles. The minimum atomic E-state index is -0.454. The second kappa shape index (κ2) is 7.98. The molecular weight excluding hydrogens is 436 g/mol. The molecule has 0 saturated carbocycles. The normalized spacial score (nSPS) is 19.2. The number of methoxy groups -OCH3 is 3. The summed E-state index contributed by atoms with van der Waals surface area (Å²) in [6.45, 7) is 0. The van der Waals surface area contributed by atoms with E-state index >= 15 is 0 Å². The molecule has 0 amide bonds. The van der Waals surface area contributed by atoms with Crippen molar-refractivity contribution < 1.29 is 18.9 Å². The summed E-state index contributed by atoms with van der Waals surface area (Å²) in [5, 5.41) is 9.72. The molecular formula is C23H21ClN2O4S. The molecule has 6 nitrogen and oxygen atoms in total. The Kier molecular flexibility index (Phi) is 5.16. The third-order valence-electron chi connectivity index (χ3n) is 5.53. The van der Waals surface area contributed by atoms with Gasteiger partial charge in [0.2, 0.25) is 12.0 Å². The topological polar surface area (TPSA) is 52.5 Å². The molecule has 0 unspecified atom stereocenters. The number of ether oxygens (including phenoxy) is 4. The fraction of sp³-hybridized carbons (Fsp3) is 0.261. The Labute approximate surface area is 189 Å². The third kappa shape index (κ3) is 3.38. The van der Waals surface area contributed by atoms with Gasteiger partial charge in [-0.2, -0.15) is 5.10 Å². The van der Waals surface area contributed by atoms with E-state index in [1.807, 2.05) is 41.4 Å². The summed E-state index contributed by atoms with van der Waals surface area (Å²) in [6.07, 6.45) is 0.322. The Morgan fingerprint density at radius 1 is 1.06 bits per heavy atom. The van der Waals surface area contributed by atoms with Gasteiger partial charge in [-0.3, -0.25) is 0 Å². The number of rotatable bonds is 5. The first-order valence-corrected chi connectivity index (χ1v) is 11.0. The molecule has 31 heavy (non-hydrogen) atoms. The lowest BCUT2D eigenvalue weighted by Gasteiger charge is -2.38. The molecule has 1 aromatic heterocycles. The van der Waals surface area contributed by atoms with E-state index in [0.717, 1.165) is 33.9 Å². The smallest absolute Gasteiger partial charge is 0.214 e. The van der Waals surface area contributed by atoms with E-state index in [4.69, 9.17) is 35.6 Å². The number of halogens is 1. The number of benzene rings is 2. The number of nitrogens with zero attached hydrogens (tertiary/aromatic N) is 2. The van der Waals surface area contributed by atoms with Gasteiger partial charge in [-0.1, -0.05) is 17.7 Å². The summed E-state index contributed by atoms with van der Waals surface area (Å²) in [6, 6.07) is 13.7. The molecule has 2 aromatic carbocycles. The standard InChI is InChI=1S/C23H21ClN2O4S/c1-27-19-9-13(10-20(28-2)22(19)29-3)23-26-17(12-16(25-26)21-5-4-8-31-21)15-11-14(24)6-7-18(15)30-23/h4-11,17,23H,12H2,1-3H3/t17-,23+/m0/s1. The highest BCUT2D eigenvalue weighted by molar-refractivity contribution is 7.12. The van der Waals surface area contributed by atoms with Crippen LogP contribution in [0.2, 0.25) is 5.02 Å². The highest BCUT2D eigenvalue weighted by Gasteiger charge is 2.41. The van der Waals surface area contributed by atoms with Crippen molar-refractivity contribution in [3.8, 4) is 23.0 Å². The minimum absolute atomic E-state index is 0.0173. The first-order chi connectivity index (χ1) is 15.1. The van der Waals surface area contributed by atoms with Crippen molar-refractivity contribution in [1.29, 1.82) is 0 Å². The summed E-state index contributed by atoms with van der Waals surface area (Å²) < 4.78 is 23.0. The molecule has 0 N–H and O–H groups in total. The Morgan fingerprint density at radius 3 is 2.48 bits per heavy atom. The van der Waals surface area contributed by atoms with Crippen LogP contribution in [-0.4, -0.2) is 32.0 Å². The van der Waals surface area contributed by atoms with Crippen LogP contribution in [0.1, 0.15) is 34.7 Å². The van der Waals surface area contributed by atoms with Gasteiger partial charge in [-0.15, -0.1) is 11.3 Å². The van der Waals surface area contributed by atoms with Crippen molar-refractivity contribution in [3.05, 3.63) is 68.9 Å². The van der Waals surface area contributed by atoms with E-state index in [-0.39, 0.29) is 6.04 Å². The fourth-order valence-corrected chi connectivity index (χ4v) is 5.02. The zero-order valence-electron chi connectivity index (χ0n) is 17.3. The molecule has 0 fully saturated rings. The van der Waals surface area contributed by atoms with Crippen molar-refractivity contribution in [2.24, 2.45) is 5.10 Å². The van der Waals surface area contributed by atoms with Crippen LogP contribution in [0.5, 0.6) is 23.0 Å². The van der Waals surface area contributed by atoms with Crippen LogP contribution in [0.15, 0.2) is 52.9 Å². The molecule has 8 heteroatoms. The Hall–Kier alpha value is -2.90. The maximum atomic E-state index is 6.44. The van der Waals surface area contributed by atoms with Gasteiger partial charge in [-0.25, -0.2) is 5.01 Å². The summed E-state index contributed by atoms with van der Waals surface area (Å²) in [5.41, 5.74) is 2.93. The van der Waals surface area contributed by atoms with Crippen molar-refractivity contribution in [2.45, 2.75) is 18.7 Å². The van der Waals surface area contributed by atoms with Crippen LogP contribution in [0.4, 0.5) is 0 Å². The van der Waals surface area contributed by atoms with Gasteiger partial charge < -0.3 is 18.9 Å². The molecule has 5 rings (SSSR count). The summed E-state index contributed by atoms with van der Waals surface area (Å²) in [4.78, 5) is 1.15. The predicted octanol–water partition coefficient (Wildman–Crippen LogP) is 5.67. The van der Waals surface area contributed by atoms with Crippen LogP contribution in [0.3, 0.4) is 0 Å². The maximum absolute atomic E-state index is 6.44. The van der Waals surface area contributed by atoms with Crippen LogP contribution in [0.25, 0.3) is 0 Å². The Bertz CT molecular complexity index is 1120. The lowest BCUT2D eigenvalue weighted by atomic mass is 9.97. The van der Waals surface area contributed by atoms with Gasteiger partial charge in [0, 0.05) is 22.6 Å². The van der Waals surface area contributed by atoms with Gasteiger partial charge in [0.1, 0.15) is 5.75 Å². The zero-order chi connectivity index (χ0) is 21.5. The summed E-state index contributed by atoms with van der Waals surface area (Å²) in [7, 11) is 4.79. The Balaban J connectivity index is 1.64. The van der Waals surface area contributed by atoms with Crippen molar-refractivity contribution in [2.75, 3.05) is 21.3 Å². The highest BCUT2D eigenvalue weighted by Crippen LogP contribution is 2.50. The van der Waals surface area contributed by atoms with Gasteiger partial charge in [0.25, 0.3) is 0 Å². The second-order valence-electron chi connectivity index (χ2n) is 7.23. The molecule has 0 saturated heterocycles. The van der Waals surface area contributed by atoms with Crippen LogP contribution in [-0.2, 0) is 0 Å². The Morgan fingerprint density at radius 2 is 1.84 bits per heavy atom. The van der Waals surface area contributed by atoms with Crippen molar-refractivity contribution >= 4 is 28.6 Å².